The first kappa shape index (κ1) is 8.53. The first-order valence-corrected chi connectivity index (χ1v) is 4.18. The minimum absolute atomic E-state index is 0.0219. The monoisotopic (exact) mass is 173 g/mol. The van der Waals surface area contributed by atoms with Gasteiger partial charge in [-0.1, -0.05) is 18.6 Å². The molecule has 0 aliphatic carbocycles. The lowest BCUT2D eigenvalue weighted by atomic mass is 10.2. The number of hydrogen-bond donors (Lipinski definition) is 0. The Labute approximate surface area is 71.4 Å². The number of hydrogen-bond acceptors (Lipinski definition) is 2. The van der Waals surface area contributed by atoms with Gasteiger partial charge in [0.15, 0.2) is 0 Å². The van der Waals surface area contributed by atoms with Gasteiger partial charge in [0.25, 0.3) is 0 Å². The Morgan fingerprint density at radius 2 is 2.45 bits per heavy atom. The van der Waals surface area contributed by atoms with Gasteiger partial charge in [0, 0.05) is 13.2 Å². The molecule has 0 aliphatic rings. The van der Waals surface area contributed by atoms with E-state index in [2.05, 4.69) is 17.2 Å². The first-order chi connectivity index (χ1) is 5.24. The lowest BCUT2D eigenvalue weighted by molar-refractivity contribution is 0.708. The molecule has 4 heteroatoms. The summed E-state index contributed by atoms with van der Waals surface area (Å²) in [6, 6.07) is 0. The number of halogens is 1. The van der Waals surface area contributed by atoms with Crippen LogP contribution in [0.5, 0.6) is 0 Å². The Kier molecular flexibility index (Phi) is 2.88. The zero-order valence-electron chi connectivity index (χ0n) is 6.79. The summed E-state index contributed by atoms with van der Waals surface area (Å²) in [5, 5.41) is 7.74. The Morgan fingerprint density at radius 1 is 1.73 bits per heavy atom. The minimum atomic E-state index is 0.0219. The molecule has 0 fully saturated rings. The molecule has 1 heterocycles. The van der Waals surface area contributed by atoms with Gasteiger partial charge < -0.3 is 0 Å². The van der Waals surface area contributed by atoms with Crippen LogP contribution in [0.2, 0.25) is 0 Å². The van der Waals surface area contributed by atoms with Crippen LogP contribution in [0.25, 0.3) is 0 Å². The summed E-state index contributed by atoms with van der Waals surface area (Å²) in [6.07, 6.45) is 3.89. The average Bonchev–Trinajstić information content (AvgIpc) is 2.36. The van der Waals surface area contributed by atoms with E-state index in [9.17, 15) is 0 Å². The number of aryl methyl sites for hydroxylation is 1. The molecule has 0 amide bonds. The molecular formula is C7H12ClN3. The van der Waals surface area contributed by atoms with Crippen LogP contribution in [0.3, 0.4) is 0 Å². The molecule has 1 unspecified atom stereocenters. The van der Waals surface area contributed by atoms with Crippen LogP contribution in [0.4, 0.5) is 0 Å². The van der Waals surface area contributed by atoms with Crippen LogP contribution >= 0.6 is 11.6 Å². The maximum Gasteiger partial charge on any atom is 0.100 e. The first-order valence-electron chi connectivity index (χ1n) is 3.74. The number of alkyl halides is 1. The third kappa shape index (κ3) is 2.19. The Balaban J connectivity index is 2.60. The highest BCUT2D eigenvalue weighted by Gasteiger charge is 2.09. The molecule has 62 valence electrons. The largest absolute Gasteiger partial charge is 0.255 e. The molecule has 0 aliphatic heterocycles. The predicted octanol–water partition coefficient (Wildman–Crippen LogP) is 1.90. The summed E-state index contributed by atoms with van der Waals surface area (Å²) in [6.45, 7) is 2.10. The van der Waals surface area contributed by atoms with Gasteiger partial charge in [-0.2, -0.15) is 0 Å². The SMILES string of the molecule is CCCC(Cl)c1cn(C)nn1. The highest BCUT2D eigenvalue weighted by Crippen LogP contribution is 2.22. The molecule has 0 spiro atoms. The zero-order valence-corrected chi connectivity index (χ0v) is 7.54. The maximum absolute atomic E-state index is 6.00. The van der Waals surface area contributed by atoms with Crippen LogP contribution in [0.1, 0.15) is 30.8 Å². The molecule has 11 heavy (non-hydrogen) atoms. The lowest BCUT2D eigenvalue weighted by Crippen LogP contribution is -1.89. The van der Waals surface area contributed by atoms with Crippen LogP contribution in [0.15, 0.2) is 6.20 Å². The smallest absolute Gasteiger partial charge is 0.100 e. The van der Waals surface area contributed by atoms with E-state index in [1.54, 1.807) is 4.68 Å². The fourth-order valence-electron chi connectivity index (χ4n) is 0.910. The van der Waals surface area contributed by atoms with Crippen LogP contribution < -0.4 is 0 Å². The molecule has 3 nitrogen and oxygen atoms in total. The molecule has 0 radical (unpaired) electrons. The van der Waals surface area contributed by atoms with E-state index in [1.807, 2.05) is 13.2 Å². The summed E-state index contributed by atoms with van der Waals surface area (Å²) in [5.74, 6) is 0. The summed E-state index contributed by atoms with van der Waals surface area (Å²) in [5.41, 5.74) is 0.871. The molecule has 0 N–H and O–H groups in total. The normalized spacial score (nSPS) is 13.4. The van der Waals surface area contributed by atoms with Gasteiger partial charge in [0.2, 0.25) is 0 Å². The summed E-state index contributed by atoms with van der Waals surface area (Å²) >= 11 is 6.00. The maximum atomic E-state index is 6.00. The number of aromatic nitrogens is 3. The van der Waals surface area contributed by atoms with Crippen molar-refractivity contribution in [2.45, 2.75) is 25.1 Å². The quantitative estimate of drug-likeness (QED) is 0.654. The molecule has 1 aromatic rings. The molecule has 0 bridgehead atoms. The van der Waals surface area contributed by atoms with Crippen molar-refractivity contribution >= 4 is 11.6 Å². The van der Waals surface area contributed by atoms with E-state index in [0.717, 1.165) is 18.5 Å². The molecule has 0 saturated heterocycles. The van der Waals surface area contributed by atoms with Crippen LogP contribution in [-0.4, -0.2) is 15.0 Å². The Hall–Kier alpha value is -0.570. The Bertz CT molecular complexity index is 221. The van der Waals surface area contributed by atoms with Gasteiger partial charge in [-0.15, -0.1) is 16.7 Å². The summed E-state index contributed by atoms with van der Waals surface area (Å²) in [7, 11) is 1.84. The van der Waals surface area contributed by atoms with Crippen molar-refractivity contribution in [2.75, 3.05) is 0 Å². The van der Waals surface area contributed by atoms with Gasteiger partial charge in [-0.25, -0.2) is 0 Å². The van der Waals surface area contributed by atoms with Crippen molar-refractivity contribution in [3.8, 4) is 0 Å². The predicted molar refractivity (Wildman–Crippen MR) is 44.5 cm³/mol. The van der Waals surface area contributed by atoms with Crippen molar-refractivity contribution in [2.24, 2.45) is 7.05 Å². The third-order valence-corrected chi connectivity index (χ3v) is 1.93. The second kappa shape index (κ2) is 3.72. The zero-order chi connectivity index (χ0) is 8.27. The van der Waals surface area contributed by atoms with Crippen molar-refractivity contribution in [3.05, 3.63) is 11.9 Å². The molecule has 1 aromatic heterocycles. The van der Waals surface area contributed by atoms with E-state index in [4.69, 9.17) is 11.6 Å². The molecule has 1 rings (SSSR count). The summed E-state index contributed by atoms with van der Waals surface area (Å²) in [4.78, 5) is 0. The van der Waals surface area contributed by atoms with Gasteiger partial charge in [-0.05, 0) is 6.42 Å². The van der Waals surface area contributed by atoms with Crippen molar-refractivity contribution in [1.29, 1.82) is 0 Å². The minimum Gasteiger partial charge on any atom is -0.255 e. The van der Waals surface area contributed by atoms with E-state index in [0.29, 0.717) is 0 Å². The van der Waals surface area contributed by atoms with Gasteiger partial charge >= 0.3 is 0 Å². The second-order valence-electron chi connectivity index (χ2n) is 2.57. The van der Waals surface area contributed by atoms with Crippen molar-refractivity contribution in [3.63, 3.8) is 0 Å². The average molecular weight is 174 g/mol. The molecule has 0 aromatic carbocycles. The van der Waals surface area contributed by atoms with E-state index in [-0.39, 0.29) is 5.38 Å². The molecule has 0 saturated carbocycles. The topological polar surface area (TPSA) is 30.7 Å². The standard InChI is InChI=1S/C7H12ClN3/c1-3-4-6(8)7-5-11(2)10-9-7/h5-6H,3-4H2,1-2H3. The number of rotatable bonds is 3. The van der Waals surface area contributed by atoms with Crippen LogP contribution in [-0.2, 0) is 7.05 Å². The second-order valence-corrected chi connectivity index (χ2v) is 3.10. The highest BCUT2D eigenvalue weighted by molar-refractivity contribution is 6.20. The van der Waals surface area contributed by atoms with Gasteiger partial charge in [0.05, 0.1) is 5.38 Å². The third-order valence-electron chi connectivity index (χ3n) is 1.48. The molecular weight excluding hydrogens is 162 g/mol. The lowest BCUT2D eigenvalue weighted by Gasteiger charge is -2.00. The number of nitrogens with zero attached hydrogens (tertiary/aromatic N) is 3. The van der Waals surface area contributed by atoms with E-state index in [1.165, 1.54) is 0 Å². The van der Waals surface area contributed by atoms with E-state index < -0.39 is 0 Å². The van der Waals surface area contributed by atoms with Crippen molar-refractivity contribution in [1.82, 2.24) is 15.0 Å². The van der Waals surface area contributed by atoms with Crippen LogP contribution in [0, 0.1) is 0 Å². The van der Waals surface area contributed by atoms with Gasteiger partial charge in [-0.3, -0.25) is 4.68 Å². The van der Waals surface area contributed by atoms with Crippen molar-refractivity contribution < 1.29 is 0 Å². The highest BCUT2D eigenvalue weighted by atomic mass is 35.5. The summed E-state index contributed by atoms with van der Waals surface area (Å²) < 4.78 is 1.67. The van der Waals surface area contributed by atoms with Gasteiger partial charge in [0.1, 0.15) is 5.69 Å². The van der Waals surface area contributed by atoms with E-state index >= 15 is 0 Å². The fraction of sp³-hybridized carbons (Fsp3) is 0.714. The fourth-order valence-corrected chi connectivity index (χ4v) is 1.23. The Morgan fingerprint density at radius 3 is 2.91 bits per heavy atom. The molecule has 1 atom stereocenters.